The summed E-state index contributed by atoms with van der Waals surface area (Å²) in [5, 5.41) is 0.102. The number of H-pyrrole nitrogens is 1. The number of fused-ring (bicyclic) bond motifs is 2. The Morgan fingerprint density at radius 2 is 1.69 bits per heavy atom. The maximum absolute atomic E-state index is 13.5. The van der Waals surface area contributed by atoms with Gasteiger partial charge in [0, 0.05) is 10.8 Å². The number of carbonyl (C=O) groups is 2. The number of hydrogen-bond donors (Lipinski definition) is 1. The van der Waals surface area contributed by atoms with Crippen LogP contribution >= 0.6 is 23.1 Å². The highest BCUT2D eigenvalue weighted by molar-refractivity contribution is 8.00. The van der Waals surface area contributed by atoms with Crippen LogP contribution in [0.3, 0.4) is 0 Å². The molecule has 0 bridgehead atoms. The van der Waals surface area contributed by atoms with Crippen molar-refractivity contribution in [3.05, 3.63) is 74.7 Å². The first-order chi connectivity index (χ1) is 14.1. The maximum Gasteiger partial charge on any atom is 0.305 e. The number of nitrogens with zero attached hydrogens (tertiary/aromatic N) is 1. The van der Waals surface area contributed by atoms with E-state index in [4.69, 9.17) is 4.74 Å². The molecule has 2 aliphatic heterocycles. The van der Waals surface area contributed by atoms with Crippen LogP contribution in [0.5, 0.6) is 5.75 Å². The topological polar surface area (TPSA) is 79.5 Å². The van der Waals surface area contributed by atoms with Crippen LogP contribution in [0.4, 0.5) is 5.69 Å². The van der Waals surface area contributed by atoms with Crippen molar-refractivity contribution in [2.45, 2.75) is 16.2 Å². The van der Waals surface area contributed by atoms with Crippen molar-refractivity contribution in [2.24, 2.45) is 5.92 Å². The van der Waals surface area contributed by atoms with Gasteiger partial charge in [0.1, 0.15) is 11.0 Å². The third-order valence-corrected chi connectivity index (χ3v) is 7.71. The number of benzene rings is 2. The average molecular weight is 425 g/mol. The number of thiazole rings is 1. The number of ether oxygens (including phenoxy) is 1. The van der Waals surface area contributed by atoms with Gasteiger partial charge < -0.3 is 9.72 Å². The van der Waals surface area contributed by atoms with E-state index in [2.05, 4.69) is 4.98 Å². The fourth-order valence-corrected chi connectivity index (χ4v) is 6.53. The third-order valence-electron chi connectivity index (χ3n) is 5.31. The van der Waals surface area contributed by atoms with Gasteiger partial charge in [-0.05, 0) is 29.8 Å². The SMILES string of the molecule is COc1ccc([C@H]2c3sc(=O)[nH]c3S[C@H]3C(=O)N(c4ccccc4)C(=O)[C@@H]23)cc1. The van der Waals surface area contributed by atoms with Crippen molar-refractivity contribution in [3.63, 3.8) is 0 Å². The number of hydrogen-bond acceptors (Lipinski definition) is 6. The van der Waals surface area contributed by atoms with Crippen LogP contribution in [0.2, 0.25) is 0 Å². The zero-order valence-electron chi connectivity index (χ0n) is 15.3. The van der Waals surface area contributed by atoms with Gasteiger partial charge in [0.25, 0.3) is 0 Å². The molecule has 8 heteroatoms. The first-order valence-electron chi connectivity index (χ1n) is 9.05. The van der Waals surface area contributed by atoms with Crippen molar-refractivity contribution in [3.8, 4) is 5.75 Å². The fraction of sp³-hybridized carbons (Fsp3) is 0.190. The first kappa shape index (κ1) is 18.2. The predicted molar refractivity (Wildman–Crippen MR) is 112 cm³/mol. The fourth-order valence-electron chi connectivity index (χ4n) is 4.02. The molecule has 146 valence electrons. The Kier molecular flexibility index (Phi) is 4.33. The Balaban J connectivity index is 1.64. The van der Waals surface area contributed by atoms with Crippen LogP contribution in [-0.4, -0.2) is 29.2 Å². The second-order valence-corrected chi connectivity index (χ2v) is 9.04. The summed E-state index contributed by atoms with van der Waals surface area (Å²) in [5.74, 6) is -0.701. The minimum absolute atomic E-state index is 0.180. The minimum Gasteiger partial charge on any atom is -0.497 e. The Labute approximate surface area is 174 Å². The standard InChI is InChI=1S/C21H16N2O4S2/c1-27-13-9-7-11(8-10-13)14-15-17(28-18-16(14)29-21(26)22-18)20(25)23(19(15)24)12-5-3-2-4-6-12/h2-10,14-15,17H,1H3,(H,22,26)/t14-,15+,17-/m1/s1. The van der Waals surface area contributed by atoms with Gasteiger partial charge in [0.2, 0.25) is 11.8 Å². The van der Waals surface area contributed by atoms with Crippen molar-refractivity contribution >= 4 is 40.6 Å². The van der Waals surface area contributed by atoms with Gasteiger partial charge in [-0.2, -0.15) is 0 Å². The van der Waals surface area contributed by atoms with Crippen LogP contribution < -0.4 is 14.5 Å². The monoisotopic (exact) mass is 424 g/mol. The van der Waals surface area contributed by atoms with Crippen LogP contribution in [0.1, 0.15) is 16.4 Å². The molecule has 1 N–H and O–H groups in total. The van der Waals surface area contributed by atoms with Crippen molar-refractivity contribution in [1.29, 1.82) is 0 Å². The zero-order valence-corrected chi connectivity index (χ0v) is 17.0. The normalized spacial score (nSPS) is 23.1. The van der Waals surface area contributed by atoms with E-state index in [-0.39, 0.29) is 22.6 Å². The molecule has 1 saturated heterocycles. The number of aromatic nitrogens is 1. The van der Waals surface area contributed by atoms with Crippen molar-refractivity contribution in [2.75, 3.05) is 12.0 Å². The highest BCUT2D eigenvalue weighted by Gasteiger charge is 2.56. The lowest BCUT2D eigenvalue weighted by molar-refractivity contribution is -0.122. The van der Waals surface area contributed by atoms with E-state index in [1.165, 1.54) is 16.7 Å². The molecule has 1 fully saturated rings. The summed E-state index contributed by atoms with van der Waals surface area (Å²) in [5.41, 5.74) is 1.46. The van der Waals surface area contributed by atoms with E-state index < -0.39 is 11.2 Å². The van der Waals surface area contributed by atoms with Gasteiger partial charge in [0.05, 0.1) is 23.7 Å². The predicted octanol–water partition coefficient (Wildman–Crippen LogP) is 3.24. The van der Waals surface area contributed by atoms with E-state index in [9.17, 15) is 14.4 Å². The number of rotatable bonds is 3. The third kappa shape index (κ3) is 2.82. The van der Waals surface area contributed by atoms with Crippen LogP contribution in [-0.2, 0) is 9.59 Å². The molecule has 3 heterocycles. The lowest BCUT2D eigenvalue weighted by Crippen LogP contribution is -2.32. The Morgan fingerprint density at radius 3 is 2.38 bits per heavy atom. The largest absolute Gasteiger partial charge is 0.497 e. The number of amides is 2. The number of anilines is 1. The maximum atomic E-state index is 13.5. The molecule has 2 amide bonds. The summed E-state index contributed by atoms with van der Waals surface area (Å²) < 4.78 is 5.24. The molecule has 0 radical (unpaired) electrons. The molecule has 3 aromatic rings. The Hall–Kier alpha value is -2.84. The van der Waals surface area contributed by atoms with E-state index >= 15 is 0 Å². The smallest absolute Gasteiger partial charge is 0.305 e. The molecule has 0 spiro atoms. The van der Waals surface area contributed by atoms with Gasteiger partial charge in [-0.15, -0.1) is 0 Å². The lowest BCUT2D eigenvalue weighted by atomic mass is 9.83. The Bertz CT molecular complexity index is 1150. The summed E-state index contributed by atoms with van der Waals surface area (Å²) in [6.07, 6.45) is 0. The summed E-state index contributed by atoms with van der Waals surface area (Å²) >= 11 is 2.39. The lowest BCUT2D eigenvalue weighted by Gasteiger charge is -2.29. The first-order valence-corrected chi connectivity index (χ1v) is 10.7. The minimum atomic E-state index is -0.576. The molecule has 2 aliphatic rings. The highest BCUT2D eigenvalue weighted by Crippen LogP contribution is 2.53. The van der Waals surface area contributed by atoms with Crippen LogP contribution in [0, 0.1) is 5.92 Å². The second-order valence-electron chi connectivity index (χ2n) is 6.87. The summed E-state index contributed by atoms with van der Waals surface area (Å²) in [6, 6.07) is 16.4. The molecule has 5 rings (SSSR count). The molecule has 0 aliphatic carbocycles. The van der Waals surface area contributed by atoms with Gasteiger partial charge in [-0.3, -0.25) is 14.4 Å². The number of carbonyl (C=O) groups excluding carboxylic acids is 2. The summed E-state index contributed by atoms with van der Waals surface area (Å²) in [6.45, 7) is 0. The molecule has 2 aromatic carbocycles. The quantitative estimate of drug-likeness (QED) is 0.653. The number of aromatic amines is 1. The number of thioether (sulfide) groups is 1. The molecule has 0 saturated carbocycles. The number of nitrogens with one attached hydrogen (secondary N) is 1. The molecule has 29 heavy (non-hydrogen) atoms. The second kappa shape index (κ2) is 6.89. The van der Waals surface area contributed by atoms with E-state index in [1.54, 1.807) is 31.4 Å². The molecule has 3 atom stereocenters. The molecular weight excluding hydrogens is 408 g/mol. The van der Waals surface area contributed by atoms with Crippen molar-refractivity contribution < 1.29 is 14.3 Å². The van der Waals surface area contributed by atoms with Crippen LogP contribution in [0.15, 0.2) is 64.4 Å². The van der Waals surface area contributed by atoms with Gasteiger partial charge in [0.15, 0.2) is 0 Å². The van der Waals surface area contributed by atoms with E-state index in [1.807, 2.05) is 30.3 Å². The van der Waals surface area contributed by atoms with Crippen molar-refractivity contribution in [1.82, 2.24) is 4.98 Å². The summed E-state index contributed by atoms with van der Waals surface area (Å²) in [7, 11) is 1.59. The van der Waals surface area contributed by atoms with Gasteiger partial charge in [-0.25, -0.2) is 4.90 Å². The zero-order chi connectivity index (χ0) is 20.1. The van der Waals surface area contributed by atoms with E-state index in [0.29, 0.717) is 16.5 Å². The van der Waals surface area contributed by atoms with Gasteiger partial charge >= 0.3 is 4.87 Å². The Morgan fingerprint density at radius 1 is 0.966 bits per heavy atom. The van der Waals surface area contributed by atoms with Crippen LogP contribution in [0.25, 0.3) is 0 Å². The number of imide groups is 1. The van der Waals surface area contributed by atoms with Gasteiger partial charge in [-0.1, -0.05) is 53.4 Å². The number of para-hydroxylation sites is 1. The molecule has 1 aromatic heterocycles. The van der Waals surface area contributed by atoms with E-state index in [0.717, 1.165) is 21.8 Å². The molecule has 0 unspecified atom stereocenters. The molecular formula is C21H16N2O4S2. The average Bonchev–Trinajstić information content (AvgIpc) is 3.23. The number of methoxy groups -OCH3 is 1. The molecule has 6 nitrogen and oxygen atoms in total. The summed E-state index contributed by atoms with van der Waals surface area (Å²) in [4.78, 5) is 43.5. The highest BCUT2D eigenvalue weighted by atomic mass is 32.2.